The number of halogens is 1. The van der Waals surface area contributed by atoms with Crippen molar-refractivity contribution in [1.29, 1.82) is 0 Å². The molecule has 0 bridgehead atoms. The number of carbonyl (C=O) groups is 2. The normalized spacial score (nSPS) is 9.78. The lowest BCUT2D eigenvalue weighted by atomic mass is 10.1. The molecule has 8 nitrogen and oxygen atoms in total. The first-order valence-electron chi connectivity index (χ1n) is 6.58. The van der Waals surface area contributed by atoms with Crippen LogP contribution in [0.25, 0.3) is 0 Å². The van der Waals surface area contributed by atoms with Crippen molar-refractivity contribution in [3.8, 4) is 17.2 Å². The molecule has 9 heteroatoms. The van der Waals surface area contributed by atoms with E-state index >= 15 is 0 Å². The van der Waals surface area contributed by atoms with Crippen LogP contribution in [0.1, 0.15) is 12.0 Å². The van der Waals surface area contributed by atoms with E-state index in [0.717, 1.165) is 5.56 Å². The standard InChI is InChI=1S/C14H19BrN2O6/c1-20-9-7-8(11(15)13(22-3)12(9)21-2)5-6-10(18)16-17-14(19)23-4/h7H,5-6H2,1-4H3,(H,16,18)(H,17,19). The summed E-state index contributed by atoms with van der Waals surface area (Å²) in [5.74, 6) is 1.07. The zero-order valence-electron chi connectivity index (χ0n) is 13.3. The summed E-state index contributed by atoms with van der Waals surface area (Å²) >= 11 is 3.44. The van der Waals surface area contributed by atoms with E-state index in [0.29, 0.717) is 28.1 Å². The molecule has 0 saturated carbocycles. The molecule has 0 aliphatic heterocycles. The summed E-state index contributed by atoms with van der Waals surface area (Å²) in [7, 11) is 5.74. The number of methoxy groups -OCH3 is 4. The van der Waals surface area contributed by atoms with Crippen molar-refractivity contribution >= 4 is 27.9 Å². The van der Waals surface area contributed by atoms with Gasteiger partial charge in [0, 0.05) is 6.42 Å². The summed E-state index contributed by atoms with van der Waals surface area (Å²) in [6, 6.07) is 1.76. The minimum atomic E-state index is -0.743. The molecule has 0 fully saturated rings. The van der Waals surface area contributed by atoms with Crippen LogP contribution < -0.4 is 25.1 Å². The summed E-state index contributed by atoms with van der Waals surface area (Å²) in [5.41, 5.74) is 5.14. The van der Waals surface area contributed by atoms with Crippen molar-refractivity contribution in [2.24, 2.45) is 0 Å². The zero-order valence-corrected chi connectivity index (χ0v) is 14.9. The van der Waals surface area contributed by atoms with Crippen LogP contribution in [-0.2, 0) is 16.0 Å². The van der Waals surface area contributed by atoms with E-state index in [1.165, 1.54) is 28.4 Å². The fraction of sp³-hybridized carbons (Fsp3) is 0.429. The Kier molecular flexibility index (Phi) is 7.46. The number of rotatable bonds is 6. The van der Waals surface area contributed by atoms with E-state index in [2.05, 4.69) is 31.5 Å². The number of hydrogen-bond donors (Lipinski definition) is 2. The number of carbonyl (C=O) groups excluding carboxylic acids is 2. The number of amides is 2. The van der Waals surface area contributed by atoms with Crippen molar-refractivity contribution in [3.63, 3.8) is 0 Å². The molecule has 0 atom stereocenters. The molecule has 0 aromatic heterocycles. The second kappa shape index (κ2) is 9.09. The van der Waals surface area contributed by atoms with Gasteiger partial charge in [-0.05, 0) is 34.0 Å². The Bertz CT molecular complexity index is 579. The summed E-state index contributed by atoms with van der Waals surface area (Å²) in [6.45, 7) is 0. The van der Waals surface area contributed by atoms with Gasteiger partial charge in [-0.1, -0.05) is 0 Å². The Labute approximate surface area is 142 Å². The molecule has 0 radical (unpaired) electrons. The molecule has 128 valence electrons. The van der Waals surface area contributed by atoms with E-state index in [9.17, 15) is 9.59 Å². The molecule has 0 saturated heterocycles. The second-order valence-electron chi connectivity index (χ2n) is 4.28. The lowest BCUT2D eigenvalue weighted by molar-refractivity contribution is -0.121. The highest BCUT2D eigenvalue weighted by Gasteiger charge is 2.19. The van der Waals surface area contributed by atoms with Crippen molar-refractivity contribution < 1.29 is 28.5 Å². The largest absolute Gasteiger partial charge is 0.493 e. The quantitative estimate of drug-likeness (QED) is 0.719. The van der Waals surface area contributed by atoms with Gasteiger partial charge < -0.3 is 18.9 Å². The number of aryl methyl sites for hydroxylation is 1. The minimum Gasteiger partial charge on any atom is -0.493 e. The molecule has 1 aromatic carbocycles. The van der Waals surface area contributed by atoms with Gasteiger partial charge in [0.15, 0.2) is 11.5 Å². The van der Waals surface area contributed by atoms with Gasteiger partial charge in [0.25, 0.3) is 0 Å². The first-order chi connectivity index (χ1) is 11.0. The molecule has 2 N–H and O–H groups in total. The van der Waals surface area contributed by atoms with Gasteiger partial charge in [-0.2, -0.15) is 0 Å². The Morgan fingerprint density at radius 1 is 1.04 bits per heavy atom. The highest BCUT2D eigenvalue weighted by Crippen LogP contribution is 2.44. The number of benzene rings is 1. The van der Waals surface area contributed by atoms with Gasteiger partial charge in [-0.25, -0.2) is 10.2 Å². The van der Waals surface area contributed by atoms with Crippen molar-refractivity contribution in [2.75, 3.05) is 28.4 Å². The number of hydrazine groups is 1. The second-order valence-corrected chi connectivity index (χ2v) is 5.08. The van der Waals surface area contributed by atoms with Gasteiger partial charge in [-0.3, -0.25) is 10.2 Å². The van der Waals surface area contributed by atoms with Crippen LogP contribution in [0.15, 0.2) is 10.5 Å². The lowest BCUT2D eigenvalue weighted by Gasteiger charge is -2.16. The Balaban J connectivity index is 2.84. The maximum absolute atomic E-state index is 11.7. The SMILES string of the molecule is COC(=O)NNC(=O)CCc1cc(OC)c(OC)c(OC)c1Br. The lowest BCUT2D eigenvalue weighted by Crippen LogP contribution is -2.41. The monoisotopic (exact) mass is 390 g/mol. The molecule has 23 heavy (non-hydrogen) atoms. The topological polar surface area (TPSA) is 95.1 Å². The first kappa shape index (κ1) is 18.9. The molecule has 2 amide bonds. The van der Waals surface area contributed by atoms with Crippen molar-refractivity contribution in [3.05, 3.63) is 16.1 Å². The predicted molar refractivity (Wildman–Crippen MR) is 85.8 cm³/mol. The van der Waals surface area contributed by atoms with Crippen LogP contribution in [0.3, 0.4) is 0 Å². The highest BCUT2D eigenvalue weighted by atomic mass is 79.9. The molecule has 1 aromatic rings. The van der Waals surface area contributed by atoms with Gasteiger partial charge in [0.05, 0.1) is 32.9 Å². The minimum absolute atomic E-state index is 0.140. The molecule has 0 aliphatic carbocycles. The third-order valence-electron chi connectivity index (χ3n) is 2.96. The van der Waals surface area contributed by atoms with Crippen LogP contribution in [-0.4, -0.2) is 40.4 Å². The molecule has 0 spiro atoms. The molecule has 0 heterocycles. The highest BCUT2D eigenvalue weighted by molar-refractivity contribution is 9.10. The summed E-state index contributed by atoms with van der Waals surface area (Å²) in [5, 5.41) is 0. The van der Waals surface area contributed by atoms with Crippen LogP contribution in [0.2, 0.25) is 0 Å². The average molecular weight is 391 g/mol. The zero-order chi connectivity index (χ0) is 17.4. The van der Waals surface area contributed by atoms with Gasteiger partial charge in [-0.15, -0.1) is 0 Å². The molecular formula is C14H19BrN2O6. The Morgan fingerprint density at radius 2 is 1.70 bits per heavy atom. The number of hydrogen-bond acceptors (Lipinski definition) is 6. The third kappa shape index (κ3) is 4.92. The maximum Gasteiger partial charge on any atom is 0.425 e. The fourth-order valence-electron chi connectivity index (χ4n) is 1.84. The van der Waals surface area contributed by atoms with E-state index in [1.807, 2.05) is 0 Å². The third-order valence-corrected chi connectivity index (χ3v) is 3.82. The smallest absolute Gasteiger partial charge is 0.425 e. The number of ether oxygens (including phenoxy) is 4. The van der Waals surface area contributed by atoms with E-state index < -0.39 is 6.09 Å². The van der Waals surface area contributed by atoms with E-state index in [4.69, 9.17) is 14.2 Å². The average Bonchev–Trinajstić information content (AvgIpc) is 2.57. The van der Waals surface area contributed by atoms with Crippen LogP contribution in [0.4, 0.5) is 4.79 Å². The van der Waals surface area contributed by atoms with Gasteiger partial charge >= 0.3 is 6.09 Å². The number of nitrogens with one attached hydrogen (secondary N) is 2. The van der Waals surface area contributed by atoms with Crippen LogP contribution in [0.5, 0.6) is 17.2 Å². The van der Waals surface area contributed by atoms with Crippen molar-refractivity contribution in [2.45, 2.75) is 12.8 Å². The molecule has 0 aliphatic rings. The Hall–Kier alpha value is -2.16. The van der Waals surface area contributed by atoms with Crippen LogP contribution in [0, 0.1) is 0 Å². The van der Waals surface area contributed by atoms with Gasteiger partial charge in [0.2, 0.25) is 11.7 Å². The summed E-state index contributed by atoms with van der Waals surface area (Å²) in [4.78, 5) is 22.6. The molecule has 1 rings (SSSR count). The Morgan fingerprint density at radius 3 is 2.22 bits per heavy atom. The molecular weight excluding hydrogens is 372 g/mol. The molecule has 0 unspecified atom stereocenters. The van der Waals surface area contributed by atoms with Gasteiger partial charge in [0.1, 0.15) is 0 Å². The summed E-state index contributed by atoms with van der Waals surface area (Å²) in [6.07, 6.45) is -0.208. The van der Waals surface area contributed by atoms with E-state index in [-0.39, 0.29) is 12.3 Å². The van der Waals surface area contributed by atoms with Crippen LogP contribution >= 0.6 is 15.9 Å². The summed E-state index contributed by atoms with van der Waals surface area (Å²) < 4.78 is 20.9. The predicted octanol–water partition coefficient (Wildman–Crippen LogP) is 1.79. The van der Waals surface area contributed by atoms with Crippen molar-refractivity contribution in [1.82, 2.24) is 10.9 Å². The fourth-order valence-corrected chi connectivity index (χ4v) is 2.49. The first-order valence-corrected chi connectivity index (χ1v) is 7.37. The van der Waals surface area contributed by atoms with E-state index in [1.54, 1.807) is 6.07 Å². The maximum atomic E-state index is 11.7.